The molecule has 1 aromatic heterocycles. The van der Waals surface area contributed by atoms with Gasteiger partial charge in [0.2, 0.25) is 0 Å². The molecule has 0 fully saturated rings. The molecule has 2 heterocycles. The van der Waals surface area contributed by atoms with E-state index in [-0.39, 0.29) is 12.2 Å². The minimum absolute atomic E-state index is 0.199. The SMILES string of the molecule is CCOC(=O)C1=C(C)N=c2s/c(=C\Nc3cc(C)ccc3C)c(=O)n2[C@H]1c1ccccc1. The van der Waals surface area contributed by atoms with Gasteiger partial charge in [0.25, 0.3) is 5.56 Å². The smallest absolute Gasteiger partial charge is 0.338 e. The predicted octanol–water partition coefficient (Wildman–Crippen LogP) is 3.44. The second-order valence-electron chi connectivity index (χ2n) is 7.68. The molecule has 1 N–H and O–H groups in total. The molecule has 1 atom stereocenters. The summed E-state index contributed by atoms with van der Waals surface area (Å²) in [4.78, 5) is 31.4. The van der Waals surface area contributed by atoms with Crippen molar-refractivity contribution in [3.05, 3.63) is 96.2 Å². The lowest BCUT2D eigenvalue weighted by Crippen LogP contribution is -2.40. The van der Waals surface area contributed by atoms with Gasteiger partial charge in [-0.3, -0.25) is 9.36 Å². The largest absolute Gasteiger partial charge is 0.463 e. The molecule has 0 spiro atoms. The Hall–Kier alpha value is -3.45. The number of benzene rings is 2. The molecular formula is C25H25N3O3S. The van der Waals surface area contributed by atoms with E-state index >= 15 is 0 Å². The summed E-state index contributed by atoms with van der Waals surface area (Å²) in [6.45, 7) is 7.84. The van der Waals surface area contributed by atoms with Crippen molar-refractivity contribution < 1.29 is 9.53 Å². The summed E-state index contributed by atoms with van der Waals surface area (Å²) in [6.07, 6.45) is 1.72. The van der Waals surface area contributed by atoms with E-state index in [9.17, 15) is 9.59 Å². The van der Waals surface area contributed by atoms with Gasteiger partial charge in [-0.15, -0.1) is 0 Å². The fourth-order valence-electron chi connectivity index (χ4n) is 3.78. The second-order valence-corrected chi connectivity index (χ2v) is 8.68. The maximum Gasteiger partial charge on any atom is 0.338 e. The zero-order chi connectivity index (χ0) is 22.8. The van der Waals surface area contributed by atoms with Crippen molar-refractivity contribution in [1.82, 2.24) is 4.57 Å². The van der Waals surface area contributed by atoms with E-state index in [2.05, 4.69) is 10.3 Å². The van der Waals surface area contributed by atoms with Crippen molar-refractivity contribution >= 4 is 29.2 Å². The molecular weight excluding hydrogens is 422 g/mol. The van der Waals surface area contributed by atoms with Crippen molar-refractivity contribution in [3.63, 3.8) is 0 Å². The lowest BCUT2D eigenvalue weighted by molar-refractivity contribution is -0.139. The van der Waals surface area contributed by atoms with Crippen LogP contribution < -0.4 is 20.2 Å². The first kappa shape index (κ1) is 21.8. The molecule has 7 heteroatoms. The van der Waals surface area contributed by atoms with E-state index in [1.165, 1.54) is 11.3 Å². The first-order valence-corrected chi connectivity index (χ1v) is 11.3. The van der Waals surface area contributed by atoms with Gasteiger partial charge in [0.05, 0.1) is 23.9 Å². The van der Waals surface area contributed by atoms with Gasteiger partial charge in [0.1, 0.15) is 4.53 Å². The number of anilines is 1. The number of aromatic nitrogens is 1. The zero-order valence-corrected chi connectivity index (χ0v) is 19.3. The van der Waals surface area contributed by atoms with Crippen LogP contribution in [-0.2, 0) is 9.53 Å². The molecule has 3 aromatic rings. The molecule has 0 radical (unpaired) electrons. The molecule has 32 heavy (non-hydrogen) atoms. The summed E-state index contributed by atoms with van der Waals surface area (Å²) in [7, 11) is 0. The van der Waals surface area contributed by atoms with Gasteiger partial charge in [-0.2, -0.15) is 0 Å². The number of ether oxygens (including phenoxy) is 1. The molecule has 0 bridgehead atoms. The van der Waals surface area contributed by atoms with E-state index in [1.807, 2.05) is 62.4 Å². The second kappa shape index (κ2) is 8.96. The number of nitrogens with zero attached hydrogens (tertiary/aromatic N) is 2. The third kappa shape index (κ3) is 4.03. The van der Waals surface area contributed by atoms with Crippen LogP contribution in [0.25, 0.3) is 6.20 Å². The van der Waals surface area contributed by atoms with Crippen LogP contribution in [0, 0.1) is 13.8 Å². The number of fused-ring (bicyclic) bond motifs is 1. The molecule has 164 valence electrons. The predicted molar refractivity (Wildman–Crippen MR) is 127 cm³/mol. The maximum atomic E-state index is 13.5. The molecule has 2 aromatic carbocycles. The standard InChI is InChI=1S/C25H25N3O3S/c1-5-31-24(30)21-17(4)27-25-28(22(21)18-9-7-6-8-10-18)23(29)20(32-25)14-26-19-13-15(2)11-12-16(19)3/h6-14,22,26H,5H2,1-4H3/b20-14-/t22-/m0/s1. The van der Waals surface area contributed by atoms with Gasteiger partial charge in [-0.25, -0.2) is 9.79 Å². The number of hydrogen-bond donors (Lipinski definition) is 1. The number of hydrogen-bond acceptors (Lipinski definition) is 6. The number of carbonyl (C=O) groups excluding carboxylic acids is 1. The highest BCUT2D eigenvalue weighted by molar-refractivity contribution is 7.07. The van der Waals surface area contributed by atoms with E-state index in [0.717, 1.165) is 22.4 Å². The Labute approximate surface area is 190 Å². The molecule has 0 saturated heterocycles. The number of allylic oxidation sites excluding steroid dienone is 1. The van der Waals surface area contributed by atoms with E-state index in [4.69, 9.17) is 4.74 Å². The van der Waals surface area contributed by atoms with Gasteiger partial charge < -0.3 is 10.1 Å². The van der Waals surface area contributed by atoms with Crippen LogP contribution in [0.15, 0.2) is 69.6 Å². The first-order valence-electron chi connectivity index (χ1n) is 10.5. The van der Waals surface area contributed by atoms with Crippen molar-refractivity contribution in [2.75, 3.05) is 11.9 Å². The van der Waals surface area contributed by atoms with Gasteiger partial charge in [-0.1, -0.05) is 53.8 Å². The normalized spacial score (nSPS) is 15.9. The first-order chi connectivity index (χ1) is 15.4. The van der Waals surface area contributed by atoms with Crippen molar-refractivity contribution in [3.8, 4) is 0 Å². The van der Waals surface area contributed by atoms with Crippen molar-refractivity contribution in [2.45, 2.75) is 33.7 Å². The van der Waals surface area contributed by atoms with E-state index in [0.29, 0.717) is 20.6 Å². The third-order valence-electron chi connectivity index (χ3n) is 5.38. The number of nitrogens with one attached hydrogen (secondary N) is 1. The lowest BCUT2D eigenvalue weighted by atomic mass is 9.96. The van der Waals surface area contributed by atoms with Gasteiger partial charge in [0, 0.05) is 11.9 Å². The summed E-state index contributed by atoms with van der Waals surface area (Å²) >= 11 is 1.30. The molecule has 1 aliphatic heterocycles. The van der Waals surface area contributed by atoms with Gasteiger partial charge in [-0.05, 0) is 50.5 Å². The summed E-state index contributed by atoms with van der Waals surface area (Å²) in [6, 6.07) is 15.1. The van der Waals surface area contributed by atoms with Crippen LogP contribution in [0.1, 0.15) is 36.6 Å². The highest BCUT2D eigenvalue weighted by Gasteiger charge is 2.33. The highest BCUT2D eigenvalue weighted by Crippen LogP contribution is 2.30. The van der Waals surface area contributed by atoms with E-state index < -0.39 is 12.0 Å². The average Bonchev–Trinajstić information content (AvgIpc) is 3.09. The van der Waals surface area contributed by atoms with Crippen molar-refractivity contribution in [2.24, 2.45) is 4.99 Å². The molecule has 0 saturated carbocycles. The minimum Gasteiger partial charge on any atom is -0.463 e. The molecule has 6 nitrogen and oxygen atoms in total. The number of esters is 1. The van der Waals surface area contributed by atoms with Crippen LogP contribution in [0.2, 0.25) is 0 Å². The van der Waals surface area contributed by atoms with Crippen LogP contribution in [-0.4, -0.2) is 17.1 Å². The third-order valence-corrected chi connectivity index (χ3v) is 6.37. The van der Waals surface area contributed by atoms with Gasteiger partial charge in [0.15, 0.2) is 4.80 Å². The number of carbonyl (C=O) groups is 1. The number of rotatable bonds is 5. The van der Waals surface area contributed by atoms with Crippen LogP contribution >= 0.6 is 11.3 Å². The molecule has 1 aliphatic rings. The molecule has 0 amide bonds. The average molecular weight is 448 g/mol. The summed E-state index contributed by atoms with van der Waals surface area (Å²) < 4.78 is 7.42. The Balaban J connectivity index is 1.86. The summed E-state index contributed by atoms with van der Waals surface area (Å²) in [5, 5.41) is 3.27. The Bertz CT molecular complexity index is 1380. The quantitative estimate of drug-likeness (QED) is 0.608. The zero-order valence-electron chi connectivity index (χ0n) is 18.5. The Morgan fingerprint density at radius 2 is 1.94 bits per heavy atom. The lowest BCUT2D eigenvalue weighted by Gasteiger charge is -2.24. The van der Waals surface area contributed by atoms with Gasteiger partial charge >= 0.3 is 5.97 Å². The Morgan fingerprint density at radius 1 is 1.19 bits per heavy atom. The van der Waals surface area contributed by atoms with Crippen LogP contribution in [0.4, 0.5) is 5.69 Å². The Morgan fingerprint density at radius 3 is 2.66 bits per heavy atom. The molecule has 0 aliphatic carbocycles. The minimum atomic E-state index is -0.589. The number of thiazole rings is 1. The van der Waals surface area contributed by atoms with Crippen molar-refractivity contribution in [1.29, 1.82) is 0 Å². The number of aryl methyl sites for hydroxylation is 2. The maximum absolute atomic E-state index is 13.5. The molecule has 4 rings (SSSR count). The topological polar surface area (TPSA) is 72.7 Å². The van der Waals surface area contributed by atoms with E-state index in [1.54, 1.807) is 24.6 Å². The molecule has 0 unspecified atom stereocenters. The van der Waals surface area contributed by atoms with Crippen LogP contribution in [0.3, 0.4) is 0 Å². The summed E-state index contributed by atoms with van der Waals surface area (Å²) in [5.41, 5.74) is 4.74. The fraction of sp³-hybridized carbons (Fsp3) is 0.240. The monoisotopic (exact) mass is 447 g/mol. The fourth-order valence-corrected chi connectivity index (χ4v) is 4.75. The van der Waals surface area contributed by atoms with Crippen LogP contribution in [0.5, 0.6) is 0 Å². The highest BCUT2D eigenvalue weighted by atomic mass is 32.1. The Kier molecular flexibility index (Phi) is 6.10. The summed E-state index contributed by atoms with van der Waals surface area (Å²) in [5.74, 6) is -0.453.